The fourth-order valence-corrected chi connectivity index (χ4v) is 19.1. The zero-order valence-electron chi connectivity index (χ0n) is 27.7. The molecule has 0 aliphatic heterocycles. The third-order valence-corrected chi connectivity index (χ3v) is 19.8. The van der Waals surface area contributed by atoms with Gasteiger partial charge in [0.15, 0.2) is 16.6 Å². The molecule has 4 aliphatic carbocycles. The molecule has 4 rings (SSSR count). The number of hydrogen-bond donors (Lipinski definition) is 0. The van der Waals surface area contributed by atoms with Gasteiger partial charge in [-0.2, -0.15) is 0 Å². The summed E-state index contributed by atoms with van der Waals surface area (Å²) in [6, 6.07) is 0. The van der Waals surface area contributed by atoms with Crippen LogP contribution in [-0.4, -0.2) is 63.8 Å². The lowest BCUT2D eigenvalue weighted by atomic mass is 9.99. The summed E-state index contributed by atoms with van der Waals surface area (Å²) in [7, 11) is -3.36. The van der Waals surface area contributed by atoms with E-state index in [1.807, 2.05) is 0 Å². The highest BCUT2D eigenvalue weighted by atomic mass is 31.1. The molecule has 0 heterocycles. The second-order valence-corrected chi connectivity index (χ2v) is 30.7. The van der Waals surface area contributed by atoms with E-state index in [4.69, 9.17) is 8.85 Å². The average molecular weight is 627 g/mol. The highest BCUT2D eigenvalue weighted by Gasteiger charge is 2.41. The first-order valence-corrected chi connectivity index (χ1v) is 28.1. The van der Waals surface area contributed by atoms with Crippen LogP contribution in [0.3, 0.4) is 0 Å². The van der Waals surface area contributed by atoms with Crippen molar-refractivity contribution in [2.75, 3.05) is 12.3 Å². The fourth-order valence-electron chi connectivity index (χ4n) is 8.63. The molecule has 0 aromatic rings. The molecule has 2 nitrogen and oxygen atoms in total. The Morgan fingerprint density at radius 2 is 0.650 bits per heavy atom. The van der Waals surface area contributed by atoms with Crippen LogP contribution in [0.25, 0.3) is 0 Å². The van der Waals surface area contributed by atoms with Gasteiger partial charge in [-0.3, -0.25) is 0 Å². The maximum absolute atomic E-state index is 7.40. The summed E-state index contributed by atoms with van der Waals surface area (Å²) in [5, 5.41) is 0. The first-order valence-electron chi connectivity index (χ1n) is 18.0. The molecule has 0 radical (unpaired) electrons. The third kappa shape index (κ3) is 11.3. The van der Waals surface area contributed by atoms with Crippen molar-refractivity contribution in [3.05, 3.63) is 0 Å². The quantitative estimate of drug-likeness (QED) is 0.150. The van der Waals surface area contributed by atoms with E-state index in [0.29, 0.717) is 12.2 Å². The fraction of sp³-hybridized carbons (Fsp3) is 1.00. The lowest BCUT2D eigenvalue weighted by molar-refractivity contribution is 0.0720. The summed E-state index contributed by atoms with van der Waals surface area (Å²) in [6.45, 7) is 14.8. The molecule has 4 saturated carbocycles. The van der Waals surface area contributed by atoms with Crippen LogP contribution in [-0.2, 0) is 8.85 Å². The van der Waals surface area contributed by atoms with Crippen LogP contribution in [0, 0.1) is 0 Å². The summed E-state index contributed by atoms with van der Waals surface area (Å²) in [5.74, 6) is 0. The van der Waals surface area contributed by atoms with Crippen molar-refractivity contribution in [3.63, 3.8) is 0 Å². The van der Waals surface area contributed by atoms with Gasteiger partial charge in [-0.05, 0) is 126 Å². The van der Waals surface area contributed by atoms with Crippen molar-refractivity contribution in [2.45, 2.75) is 203 Å². The molecule has 0 aromatic heterocycles. The van der Waals surface area contributed by atoms with Gasteiger partial charge in [0.05, 0.1) is 12.2 Å². The zero-order valence-corrected chi connectivity index (χ0v) is 31.5. The molecule has 0 spiro atoms. The summed E-state index contributed by atoms with van der Waals surface area (Å²) in [5.41, 5.74) is 4.02. The van der Waals surface area contributed by atoms with E-state index in [0.717, 1.165) is 22.6 Å². The van der Waals surface area contributed by atoms with Crippen molar-refractivity contribution in [1.82, 2.24) is 0 Å². The van der Waals surface area contributed by atoms with Crippen molar-refractivity contribution < 1.29 is 8.85 Å². The minimum absolute atomic E-state index is 0.0225. The first kappa shape index (κ1) is 34.1. The van der Waals surface area contributed by atoms with Gasteiger partial charge in [-0.25, -0.2) is 0 Å². The SMILES string of the molecule is C[Si](C)(C)OC(CP(C1CCCCC1)C1CCCCC1)C(CP(C1CCCCC1)C1CCCCC1)O[Si](C)(C)C. The second-order valence-electron chi connectivity index (χ2n) is 16.1. The van der Waals surface area contributed by atoms with E-state index in [-0.39, 0.29) is 15.8 Å². The molecule has 4 fully saturated rings. The largest absolute Gasteiger partial charge is 0.412 e. The Balaban J connectivity index is 1.63. The highest BCUT2D eigenvalue weighted by molar-refractivity contribution is 7.59. The third-order valence-electron chi connectivity index (χ3n) is 10.4. The Morgan fingerprint density at radius 1 is 0.425 bits per heavy atom. The minimum Gasteiger partial charge on any atom is -0.412 e. The Bertz CT molecular complexity index is 604. The monoisotopic (exact) mass is 626 g/mol. The Kier molecular flexibility index (Phi) is 14.1. The van der Waals surface area contributed by atoms with Crippen LogP contribution < -0.4 is 0 Å². The van der Waals surface area contributed by atoms with Crippen LogP contribution in [0.2, 0.25) is 39.3 Å². The maximum atomic E-state index is 7.40. The van der Waals surface area contributed by atoms with Gasteiger partial charge in [-0.1, -0.05) is 92.9 Å². The molecule has 234 valence electrons. The van der Waals surface area contributed by atoms with Gasteiger partial charge >= 0.3 is 0 Å². The van der Waals surface area contributed by atoms with Gasteiger partial charge in [0.1, 0.15) is 0 Å². The molecule has 0 bridgehead atoms. The van der Waals surface area contributed by atoms with E-state index in [2.05, 4.69) is 39.3 Å². The van der Waals surface area contributed by atoms with Crippen LogP contribution in [0.5, 0.6) is 0 Å². The van der Waals surface area contributed by atoms with Crippen LogP contribution in [0.4, 0.5) is 0 Å². The van der Waals surface area contributed by atoms with E-state index in [1.165, 1.54) is 141 Å². The summed E-state index contributed by atoms with van der Waals surface area (Å²) < 4.78 is 14.8. The molecule has 0 amide bonds. The lowest BCUT2D eigenvalue weighted by Crippen LogP contribution is -2.49. The molecule has 0 N–H and O–H groups in total. The molecular weight excluding hydrogens is 558 g/mol. The zero-order chi connectivity index (χ0) is 28.6. The Morgan fingerprint density at radius 3 is 0.850 bits per heavy atom. The summed E-state index contributed by atoms with van der Waals surface area (Å²) in [6.07, 6.45) is 33.3. The van der Waals surface area contributed by atoms with Gasteiger partial charge in [0.25, 0.3) is 0 Å². The normalized spacial score (nSPS) is 25.5. The van der Waals surface area contributed by atoms with Crippen LogP contribution >= 0.6 is 15.8 Å². The van der Waals surface area contributed by atoms with E-state index in [9.17, 15) is 0 Å². The van der Waals surface area contributed by atoms with Crippen molar-refractivity contribution in [2.24, 2.45) is 0 Å². The van der Waals surface area contributed by atoms with Gasteiger partial charge < -0.3 is 8.85 Å². The molecule has 0 saturated heterocycles. The van der Waals surface area contributed by atoms with Gasteiger partial charge in [0.2, 0.25) is 0 Å². The first-order chi connectivity index (χ1) is 19.1. The second kappa shape index (κ2) is 16.5. The molecule has 2 unspecified atom stereocenters. The maximum Gasteiger partial charge on any atom is 0.184 e. The van der Waals surface area contributed by atoms with Crippen LogP contribution in [0.15, 0.2) is 0 Å². The molecule has 2 atom stereocenters. The molecular formula is C34H68O2P2Si2. The molecule has 6 heteroatoms. The number of hydrogen-bond acceptors (Lipinski definition) is 2. The lowest BCUT2D eigenvalue weighted by Gasteiger charge is -2.46. The van der Waals surface area contributed by atoms with E-state index in [1.54, 1.807) is 0 Å². The van der Waals surface area contributed by atoms with E-state index < -0.39 is 16.6 Å². The Labute approximate surface area is 255 Å². The van der Waals surface area contributed by atoms with Crippen LogP contribution in [0.1, 0.15) is 128 Å². The molecule has 40 heavy (non-hydrogen) atoms. The Hall–Kier alpha value is 1.21. The average Bonchev–Trinajstić information content (AvgIpc) is 2.94. The highest BCUT2D eigenvalue weighted by Crippen LogP contribution is 2.59. The standard InChI is InChI=1S/C34H68O2P2Si2/c1-39(2,3)35-33(27-37(29-19-11-7-12-20-29)30-21-13-8-14-22-30)34(36-40(4,5)6)28-38(31-23-15-9-16-24-31)32-25-17-10-18-26-32/h29-34H,7-28H2,1-6H3. The van der Waals surface area contributed by atoms with Crippen molar-refractivity contribution in [3.8, 4) is 0 Å². The van der Waals surface area contributed by atoms with Crippen molar-refractivity contribution in [1.29, 1.82) is 0 Å². The topological polar surface area (TPSA) is 18.5 Å². The predicted molar refractivity (Wildman–Crippen MR) is 188 cm³/mol. The molecule has 4 aliphatic rings. The smallest absolute Gasteiger partial charge is 0.184 e. The van der Waals surface area contributed by atoms with Gasteiger partial charge in [-0.15, -0.1) is 0 Å². The van der Waals surface area contributed by atoms with E-state index >= 15 is 0 Å². The molecule has 0 aromatic carbocycles. The number of rotatable bonds is 13. The van der Waals surface area contributed by atoms with Gasteiger partial charge in [0, 0.05) is 0 Å². The minimum atomic E-state index is -1.70. The summed E-state index contributed by atoms with van der Waals surface area (Å²) in [4.78, 5) is 0. The van der Waals surface area contributed by atoms with Crippen molar-refractivity contribution >= 4 is 32.5 Å². The summed E-state index contributed by atoms with van der Waals surface area (Å²) >= 11 is 0. The predicted octanol–water partition coefficient (Wildman–Crippen LogP) is 11.7.